The third-order valence-electron chi connectivity index (χ3n) is 8.02. The average Bonchev–Trinajstić information content (AvgIpc) is 3.22. The van der Waals surface area contributed by atoms with Gasteiger partial charge in [-0.15, -0.1) is 0 Å². The zero-order valence-corrected chi connectivity index (χ0v) is 25.7. The second-order valence-electron chi connectivity index (χ2n) is 13.4. The number of para-hydroxylation sites is 1. The van der Waals surface area contributed by atoms with Gasteiger partial charge in [0.05, 0.1) is 28.0 Å². The van der Waals surface area contributed by atoms with Crippen LogP contribution in [0.2, 0.25) is 0 Å². The Morgan fingerprint density at radius 2 is 1.36 bits per heavy atom. The summed E-state index contributed by atoms with van der Waals surface area (Å²) in [7, 11) is 0. The lowest BCUT2D eigenvalue weighted by Crippen LogP contribution is -2.18. The summed E-state index contributed by atoms with van der Waals surface area (Å²) in [4.78, 5) is 43.6. The van der Waals surface area contributed by atoms with Crippen LogP contribution in [0.15, 0.2) is 42.5 Å². The predicted molar refractivity (Wildman–Crippen MR) is 162 cm³/mol. The van der Waals surface area contributed by atoms with Crippen LogP contribution in [0, 0.1) is 23.3 Å². The van der Waals surface area contributed by atoms with Gasteiger partial charge in [-0.1, -0.05) is 71.9 Å². The number of aromatic nitrogens is 1. The Balaban J connectivity index is 1.43. The van der Waals surface area contributed by atoms with Crippen LogP contribution in [0.1, 0.15) is 97.0 Å². The molecule has 5 rings (SSSR count). The van der Waals surface area contributed by atoms with Crippen molar-refractivity contribution in [2.75, 3.05) is 5.32 Å². The molecule has 3 aromatic carbocycles. The Morgan fingerprint density at radius 1 is 0.822 bits per heavy atom. The minimum absolute atomic E-state index is 0.0820. The van der Waals surface area contributed by atoms with E-state index in [2.05, 4.69) is 10.3 Å². The largest absolute Gasteiger partial charge is 0.507 e. The number of ketones is 2. The highest BCUT2D eigenvalue weighted by Gasteiger charge is 2.47. The van der Waals surface area contributed by atoms with Crippen LogP contribution in [0.3, 0.4) is 0 Å². The fourth-order valence-electron chi connectivity index (χ4n) is 5.65. The minimum Gasteiger partial charge on any atom is -0.507 e. The highest BCUT2D eigenvalue weighted by molar-refractivity contribution is 6.29. The highest BCUT2D eigenvalue weighted by atomic mass is 19.2. The number of fused-ring (bicyclic) bond motifs is 2. The third kappa shape index (κ3) is 5.58. The lowest BCUT2D eigenvalue weighted by molar-refractivity contribution is -0.116. The van der Waals surface area contributed by atoms with E-state index in [1.807, 2.05) is 53.7 Å². The summed E-state index contributed by atoms with van der Waals surface area (Å²) in [5, 5.41) is 14.3. The highest BCUT2D eigenvalue weighted by Crippen LogP contribution is 2.41. The average molecular weight is 621 g/mol. The molecule has 0 saturated heterocycles. The number of anilines is 1. The van der Waals surface area contributed by atoms with Gasteiger partial charge in [0.1, 0.15) is 11.7 Å². The molecule has 0 fully saturated rings. The van der Waals surface area contributed by atoms with Crippen LogP contribution in [0.25, 0.3) is 10.9 Å². The molecular formula is C35H32F4N2O4. The number of nitrogens with zero attached hydrogens (tertiary/aromatic N) is 1. The quantitative estimate of drug-likeness (QED) is 0.103. The molecule has 2 N–H and O–H groups in total. The number of amides is 1. The van der Waals surface area contributed by atoms with Gasteiger partial charge in [0.2, 0.25) is 5.91 Å². The zero-order valence-electron chi connectivity index (χ0n) is 25.7. The Labute approximate surface area is 257 Å². The first-order chi connectivity index (χ1) is 20.9. The van der Waals surface area contributed by atoms with Crippen molar-refractivity contribution >= 4 is 34.1 Å². The number of phenolic OH excluding ortho intramolecular Hbond substituents is 1. The number of Topliss-reactive ketones (excluding diaryl/α,β-unsaturated/α-hetero) is 2. The molecule has 1 aliphatic rings. The topological polar surface area (TPSA) is 96.4 Å². The maximum absolute atomic E-state index is 14.5. The first-order valence-corrected chi connectivity index (χ1v) is 14.4. The number of pyridine rings is 1. The smallest absolute Gasteiger partial charge is 0.224 e. The van der Waals surface area contributed by atoms with E-state index in [9.17, 15) is 37.1 Å². The molecule has 6 nitrogen and oxygen atoms in total. The second-order valence-corrected chi connectivity index (χ2v) is 13.4. The standard InChI is InChI=1S/C35H32F4N2O4/c1-34(2,3)18-14-16(15-19(31(18)43)35(4,5)6)10-13-22(42)40-21-9-7-8-17-11-12-20(41-30(17)21)23-32(44)24-25(33(23)45)27(37)29(39)28(38)26(24)36/h7-9,11-12,14-15,23,43H,10,13H2,1-6H3,(H,40,42). The zero-order chi connectivity index (χ0) is 33.2. The van der Waals surface area contributed by atoms with E-state index in [-0.39, 0.29) is 45.8 Å². The van der Waals surface area contributed by atoms with E-state index in [0.717, 1.165) is 16.7 Å². The van der Waals surface area contributed by atoms with E-state index in [1.54, 1.807) is 18.2 Å². The Kier molecular flexibility index (Phi) is 7.84. The van der Waals surface area contributed by atoms with Crippen LogP contribution in [0.4, 0.5) is 23.2 Å². The van der Waals surface area contributed by atoms with Gasteiger partial charge in [-0.3, -0.25) is 14.4 Å². The number of hydrogen-bond acceptors (Lipinski definition) is 5. The molecule has 4 aromatic rings. The summed E-state index contributed by atoms with van der Waals surface area (Å²) in [5.74, 6) is -12.6. The molecule has 1 amide bonds. The molecule has 0 atom stereocenters. The normalized spacial score (nSPS) is 13.9. The maximum atomic E-state index is 14.5. The number of nitrogens with one attached hydrogen (secondary N) is 1. The first kappa shape index (κ1) is 31.8. The summed E-state index contributed by atoms with van der Waals surface area (Å²) in [6.45, 7) is 12.0. The van der Waals surface area contributed by atoms with Gasteiger partial charge in [0, 0.05) is 11.8 Å². The number of aryl methyl sites for hydroxylation is 1. The van der Waals surface area contributed by atoms with Crippen molar-refractivity contribution in [3.63, 3.8) is 0 Å². The van der Waals surface area contributed by atoms with E-state index < -0.39 is 51.9 Å². The number of phenols is 1. The summed E-state index contributed by atoms with van der Waals surface area (Å²) in [5.41, 5.74) is -0.264. The Bertz CT molecular complexity index is 1840. The molecule has 0 saturated carbocycles. The van der Waals surface area contributed by atoms with Crippen molar-refractivity contribution in [1.82, 2.24) is 4.98 Å². The fraction of sp³-hybridized carbons (Fsp3) is 0.314. The fourth-order valence-corrected chi connectivity index (χ4v) is 5.65. The van der Waals surface area contributed by atoms with Crippen LogP contribution >= 0.6 is 0 Å². The summed E-state index contributed by atoms with van der Waals surface area (Å²) in [6.07, 6.45) is 0.452. The Hall–Kier alpha value is -4.60. The number of hydrogen-bond donors (Lipinski definition) is 2. The lowest BCUT2D eigenvalue weighted by Gasteiger charge is -2.28. The van der Waals surface area contributed by atoms with Gasteiger partial charge >= 0.3 is 0 Å². The van der Waals surface area contributed by atoms with Gasteiger partial charge in [0.15, 0.2) is 34.8 Å². The minimum atomic E-state index is -2.18. The summed E-state index contributed by atoms with van der Waals surface area (Å²) >= 11 is 0. The molecule has 0 radical (unpaired) electrons. The molecule has 1 heterocycles. The van der Waals surface area contributed by atoms with Crippen molar-refractivity contribution in [2.45, 2.75) is 71.1 Å². The summed E-state index contributed by atoms with van der Waals surface area (Å²) < 4.78 is 56.7. The molecule has 0 bridgehead atoms. The van der Waals surface area contributed by atoms with Crippen LogP contribution in [-0.2, 0) is 22.0 Å². The first-order valence-electron chi connectivity index (χ1n) is 14.4. The van der Waals surface area contributed by atoms with E-state index in [1.165, 1.54) is 12.1 Å². The van der Waals surface area contributed by atoms with Crippen molar-refractivity contribution in [2.24, 2.45) is 0 Å². The lowest BCUT2D eigenvalue weighted by atomic mass is 9.78. The molecule has 10 heteroatoms. The number of benzene rings is 3. The van der Waals surface area contributed by atoms with Crippen molar-refractivity contribution < 1.29 is 37.1 Å². The van der Waals surface area contributed by atoms with Gasteiger partial charge in [-0.05, 0) is 46.1 Å². The number of halogens is 4. The van der Waals surface area contributed by atoms with Crippen molar-refractivity contribution in [1.29, 1.82) is 0 Å². The van der Waals surface area contributed by atoms with Gasteiger partial charge in [-0.2, -0.15) is 0 Å². The van der Waals surface area contributed by atoms with Crippen LogP contribution in [0.5, 0.6) is 5.75 Å². The van der Waals surface area contributed by atoms with E-state index in [4.69, 9.17) is 0 Å². The van der Waals surface area contributed by atoms with Crippen LogP contribution < -0.4 is 5.32 Å². The third-order valence-corrected chi connectivity index (χ3v) is 8.02. The molecule has 45 heavy (non-hydrogen) atoms. The van der Waals surface area contributed by atoms with Crippen LogP contribution in [-0.4, -0.2) is 27.6 Å². The maximum Gasteiger partial charge on any atom is 0.224 e. The number of rotatable bonds is 5. The molecular weight excluding hydrogens is 588 g/mol. The van der Waals surface area contributed by atoms with E-state index >= 15 is 0 Å². The molecule has 0 aliphatic heterocycles. The molecule has 1 aliphatic carbocycles. The monoisotopic (exact) mass is 620 g/mol. The van der Waals surface area contributed by atoms with Gasteiger partial charge in [-0.25, -0.2) is 22.5 Å². The second kappa shape index (κ2) is 11.1. The number of aromatic hydroxyl groups is 1. The van der Waals surface area contributed by atoms with Gasteiger partial charge in [0.25, 0.3) is 0 Å². The molecule has 0 unspecified atom stereocenters. The van der Waals surface area contributed by atoms with Crippen molar-refractivity contribution in [3.05, 3.63) is 99.2 Å². The summed E-state index contributed by atoms with van der Waals surface area (Å²) in [6, 6.07) is 11.6. The number of carbonyl (C=O) groups excluding carboxylic acids is 3. The molecule has 0 spiro atoms. The Morgan fingerprint density at radius 3 is 1.87 bits per heavy atom. The SMILES string of the molecule is CC(C)(C)c1cc(CCC(=O)Nc2cccc3ccc(C4C(=O)c5c(F)c(F)c(F)c(F)c5C4=O)nc23)cc(C(C)(C)C)c1O. The van der Waals surface area contributed by atoms with Crippen molar-refractivity contribution in [3.8, 4) is 5.75 Å². The predicted octanol–water partition coefficient (Wildman–Crippen LogP) is 7.83. The van der Waals surface area contributed by atoms with Gasteiger partial charge < -0.3 is 10.4 Å². The van der Waals surface area contributed by atoms with E-state index in [0.29, 0.717) is 11.8 Å². The molecule has 234 valence electrons. The number of carbonyl (C=O) groups is 3. The molecule has 1 aromatic heterocycles.